The number of nitrogens with two attached hydrogens (primary N) is 1. The van der Waals surface area contributed by atoms with Gasteiger partial charge in [0, 0.05) is 33.3 Å². The number of halogens is 3. The number of aromatic nitrogens is 2. The molecule has 1 unspecified atom stereocenters. The number of amidine groups is 1. The Morgan fingerprint density at radius 3 is 1.73 bits per heavy atom. The smallest absolute Gasteiger partial charge is 0.149 e. The van der Waals surface area contributed by atoms with Crippen molar-refractivity contribution < 1.29 is 23.7 Å². The molecule has 2 N–H and O–H groups in total. The summed E-state index contributed by atoms with van der Waals surface area (Å²) in [5.74, 6) is 3.54. The minimum Gasteiger partial charge on any atom is -0.496 e. The molecule has 1 atom stereocenters. The van der Waals surface area contributed by atoms with Crippen molar-refractivity contribution >= 4 is 56.4 Å². The quantitative estimate of drug-likeness (QED) is 0.0890. The van der Waals surface area contributed by atoms with Crippen molar-refractivity contribution in [1.82, 2.24) is 9.55 Å². The molecule has 0 spiro atoms. The minimum atomic E-state index is -0.201. The van der Waals surface area contributed by atoms with Gasteiger partial charge in [0.15, 0.2) is 0 Å². The highest BCUT2D eigenvalue weighted by Gasteiger charge is 2.43. The molecule has 3 heterocycles. The van der Waals surface area contributed by atoms with Gasteiger partial charge in [-0.05, 0) is 168 Å². The predicted octanol–water partition coefficient (Wildman–Crippen LogP) is 13.7. The van der Waals surface area contributed by atoms with Gasteiger partial charge in [0.25, 0.3) is 0 Å². The van der Waals surface area contributed by atoms with Gasteiger partial charge in [-0.15, -0.1) is 0 Å². The van der Waals surface area contributed by atoms with E-state index < -0.39 is 0 Å². The van der Waals surface area contributed by atoms with Crippen LogP contribution in [0.2, 0.25) is 10.0 Å². The molecular formula is C52H65BrCl2N4O5. The number of nitrogens with zero attached hydrogens (tertiary/aromatic N) is 3. The molecule has 0 radical (unpaired) electrons. The first-order valence-electron chi connectivity index (χ1n) is 21.7. The molecule has 7 rings (SSSR count). The fourth-order valence-electron chi connectivity index (χ4n) is 9.29. The van der Waals surface area contributed by atoms with Gasteiger partial charge < -0.3 is 24.7 Å². The Hall–Kier alpha value is -4.19. The zero-order valence-electron chi connectivity index (χ0n) is 39.4. The number of para-hydroxylation sites is 2. The molecule has 2 aliphatic heterocycles. The maximum atomic E-state index is 12.0. The van der Waals surface area contributed by atoms with E-state index in [1.165, 1.54) is 0 Å². The number of benzene rings is 4. The maximum Gasteiger partial charge on any atom is 0.149 e. The number of alkyl halides is 1. The van der Waals surface area contributed by atoms with Crippen LogP contribution in [-0.4, -0.2) is 62.6 Å². The molecule has 0 saturated carbocycles. The van der Waals surface area contributed by atoms with Crippen LogP contribution in [0.3, 0.4) is 0 Å². The van der Waals surface area contributed by atoms with Crippen molar-refractivity contribution in [2.45, 2.75) is 128 Å². The summed E-state index contributed by atoms with van der Waals surface area (Å²) in [6.45, 7) is 21.0. The molecule has 9 nitrogen and oxygen atoms in total. The van der Waals surface area contributed by atoms with E-state index in [0.717, 1.165) is 71.1 Å². The molecule has 0 aliphatic carbocycles. The first-order valence-corrected chi connectivity index (χ1v) is 23.4. The van der Waals surface area contributed by atoms with E-state index in [1.54, 1.807) is 26.4 Å². The maximum absolute atomic E-state index is 12.0. The number of ketones is 1. The van der Waals surface area contributed by atoms with Gasteiger partial charge in [-0.3, -0.25) is 9.36 Å². The first-order chi connectivity index (χ1) is 29.9. The molecule has 2 saturated heterocycles. The number of methoxy groups -OCH3 is 2. The molecule has 2 fully saturated rings. The van der Waals surface area contributed by atoms with E-state index in [9.17, 15) is 4.79 Å². The third-order valence-corrected chi connectivity index (χ3v) is 12.2. The average molecular weight is 977 g/mol. The van der Waals surface area contributed by atoms with Crippen LogP contribution in [0.4, 0.5) is 5.69 Å². The summed E-state index contributed by atoms with van der Waals surface area (Å²) >= 11 is 15.3. The van der Waals surface area contributed by atoms with Gasteiger partial charge in [-0.25, -0.2) is 9.98 Å². The van der Waals surface area contributed by atoms with Gasteiger partial charge >= 0.3 is 0 Å². The molecule has 5 aromatic rings. The van der Waals surface area contributed by atoms with Crippen LogP contribution in [0.25, 0.3) is 17.1 Å². The van der Waals surface area contributed by atoms with Gasteiger partial charge in [-0.1, -0.05) is 63.4 Å². The zero-order valence-corrected chi connectivity index (χ0v) is 42.5. The Labute approximate surface area is 399 Å². The zero-order chi connectivity index (χ0) is 47.2. The van der Waals surface area contributed by atoms with E-state index >= 15 is 0 Å². The Kier molecular flexibility index (Phi) is 16.6. The SMILES string of the molecule is CC(Br)C(=O)C1CC(C)(C)OC(C)(C)C1.COc1ccccc1-c1nc(C2CC(C)(C)OC(C)(C)C2)c(C)n1-c1ccc(Cl)cc1.COc1ccccc1C(N)=Nc1ccc(Cl)cc1. The van der Waals surface area contributed by atoms with Crippen LogP contribution in [0.15, 0.2) is 102 Å². The monoisotopic (exact) mass is 974 g/mol. The summed E-state index contributed by atoms with van der Waals surface area (Å²) in [6.07, 6.45) is 3.51. The number of carbonyl (C=O) groups excluding carboxylic acids is 1. The second-order valence-corrected chi connectivity index (χ2v) is 21.3. The lowest BCUT2D eigenvalue weighted by Crippen LogP contribution is -2.48. The van der Waals surface area contributed by atoms with Crippen LogP contribution in [0.1, 0.15) is 111 Å². The molecule has 344 valence electrons. The fraction of sp³-hybridized carbons (Fsp3) is 0.442. The Balaban J connectivity index is 0.000000198. The topological polar surface area (TPSA) is 110 Å². The number of carbonyl (C=O) groups is 1. The molecule has 0 bridgehead atoms. The summed E-state index contributed by atoms with van der Waals surface area (Å²) in [6, 6.07) is 30.6. The standard InChI is InChI=1S/C26H31ClN2O2.C14H13ClN2O.C12H21BrO2/c1-17-23(18-15-25(2,3)31-26(4,5)16-18)28-24(21-9-7-8-10-22(21)30-6)29(17)20-13-11-19(27)12-14-20;1-18-13-5-3-2-4-12(13)14(16)17-11-8-6-10(15)7-9-11;1-8(13)10(14)9-6-11(2,3)15-12(4,5)7-9/h7-14,18H,15-16H2,1-6H3;2-9H,1H3,(H2,16,17);8-9H,6-7H2,1-5H3. The van der Waals surface area contributed by atoms with Crippen LogP contribution in [0.5, 0.6) is 11.5 Å². The Morgan fingerprint density at radius 2 is 1.22 bits per heavy atom. The minimum absolute atomic E-state index is 0.0489. The van der Waals surface area contributed by atoms with Crippen LogP contribution >= 0.6 is 39.1 Å². The summed E-state index contributed by atoms with van der Waals surface area (Å²) < 4.78 is 25.4. The second-order valence-electron chi connectivity index (χ2n) is 19.1. The van der Waals surface area contributed by atoms with E-state index in [4.69, 9.17) is 52.9 Å². The third-order valence-electron chi connectivity index (χ3n) is 11.3. The van der Waals surface area contributed by atoms with Gasteiger partial charge in [-0.2, -0.15) is 0 Å². The highest BCUT2D eigenvalue weighted by Crippen LogP contribution is 2.46. The summed E-state index contributed by atoms with van der Waals surface area (Å²) in [4.78, 5) is 21.5. The molecule has 0 amide bonds. The van der Waals surface area contributed by atoms with Gasteiger partial charge in [0.2, 0.25) is 0 Å². The van der Waals surface area contributed by atoms with Crippen molar-refractivity contribution in [1.29, 1.82) is 0 Å². The lowest BCUT2D eigenvalue weighted by atomic mass is 9.78. The number of hydrogen-bond acceptors (Lipinski definition) is 7. The number of ether oxygens (including phenoxy) is 4. The predicted molar refractivity (Wildman–Crippen MR) is 267 cm³/mol. The van der Waals surface area contributed by atoms with Crippen molar-refractivity contribution in [3.8, 4) is 28.6 Å². The molecular weight excluding hydrogens is 911 g/mol. The lowest BCUT2D eigenvalue weighted by molar-refractivity contribution is -0.177. The second kappa shape index (κ2) is 21.0. The van der Waals surface area contributed by atoms with Crippen molar-refractivity contribution in [2.24, 2.45) is 16.6 Å². The van der Waals surface area contributed by atoms with Crippen LogP contribution in [0, 0.1) is 12.8 Å². The molecule has 1 aromatic heterocycles. The molecule has 12 heteroatoms. The number of aliphatic imine (C=N–C) groups is 1. The third kappa shape index (κ3) is 13.4. The molecule has 4 aromatic carbocycles. The molecule has 2 aliphatic rings. The highest BCUT2D eigenvalue weighted by atomic mass is 79.9. The van der Waals surface area contributed by atoms with E-state index in [0.29, 0.717) is 33.3 Å². The van der Waals surface area contributed by atoms with Crippen LogP contribution < -0.4 is 15.2 Å². The van der Waals surface area contributed by atoms with E-state index in [2.05, 4.69) is 93.9 Å². The summed E-state index contributed by atoms with van der Waals surface area (Å²) in [5.41, 5.74) is 11.0. The van der Waals surface area contributed by atoms with Crippen molar-refractivity contribution in [2.75, 3.05) is 14.2 Å². The Morgan fingerprint density at radius 1 is 0.750 bits per heavy atom. The number of hydrogen-bond donors (Lipinski definition) is 1. The number of imidazole rings is 1. The lowest BCUT2D eigenvalue weighted by Gasteiger charge is -2.45. The average Bonchev–Trinajstić information content (AvgIpc) is 3.56. The summed E-state index contributed by atoms with van der Waals surface area (Å²) in [5, 5.41) is 1.39. The van der Waals surface area contributed by atoms with Gasteiger partial charge in [0.1, 0.15) is 28.9 Å². The van der Waals surface area contributed by atoms with E-state index in [1.807, 2.05) is 85.8 Å². The largest absolute Gasteiger partial charge is 0.496 e. The fourth-order valence-corrected chi connectivity index (χ4v) is 9.92. The van der Waals surface area contributed by atoms with Crippen LogP contribution in [-0.2, 0) is 14.3 Å². The van der Waals surface area contributed by atoms with Gasteiger partial charge in [0.05, 0.1) is 64.0 Å². The highest BCUT2D eigenvalue weighted by molar-refractivity contribution is 9.10. The van der Waals surface area contributed by atoms with Crippen molar-refractivity contribution in [3.63, 3.8) is 0 Å². The number of Topliss-reactive ketones (excluding diaryl/α,β-unsaturated/α-hetero) is 1. The molecule has 64 heavy (non-hydrogen) atoms. The normalized spacial score (nSPS) is 18.4. The summed E-state index contributed by atoms with van der Waals surface area (Å²) in [7, 11) is 3.31. The van der Waals surface area contributed by atoms with E-state index in [-0.39, 0.29) is 33.1 Å². The Bertz CT molecular complexity index is 2360. The first kappa shape index (κ1) is 50.8. The van der Waals surface area contributed by atoms with Crippen molar-refractivity contribution in [3.05, 3.63) is 124 Å². The number of rotatable bonds is 9.